The standard InChI is InChI=1S/C29H38N2O4Si/c1-28(2,3)36(22-14-10-8-11-15-22,23-16-12-9-13-17-23)32-20-24-26-27(35-29(4,5)34-26)25(33-24)21(18-30)19-31(6)7/h8-17,19,24-27H,20H2,1-7H3/b21-19+/t24-,25?,26-,27+/m1/s1. The van der Waals surface area contributed by atoms with Gasteiger partial charge < -0.3 is 23.5 Å². The van der Waals surface area contributed by atoms with E-state index in [4.69, 9.17) is 18.6 Å². The Bertz CT molecular complexity index is 1070. The second-order valence-electron chi connectivity index (χ2n) is 11.3. The Balaban J connectivity index is 1.71. The van der Waals surface area contributed by atoms with E-state index in [-0.39, 0.29) is 23.4 Å². The minimum absolute atomic E-state index is 0.151. The fraction of sp³-hybridized carbons (Fsp3) is 0.483. The third kappa shape index (κ3) is 5.02. The van der Waals surface area contributed by atoms with Crippen LogP contribution in [-0.2, 0) is 18.6 Å². The molecule has 1 unspecified atom stereocenters. The Morgan fingerprint density at radius 1 is 1.00 bits per heavy atom. The number of ether oxygens (including phenoxy) is 3. The van der Waals surface area contributed by atoms with Crippen LogP contribution in [0, 0.1) is 11.3 Å². The Hall–Kier alpha value is -2.47. The zero-order chi connectivity index (χ0) is 26.1. The van der Waals surface area contributed by atoms with Crippen LogP contribution in [0.5, 0.6) is 0 Å². The second kappa shape index (κ2) is 10.1. The van der Waals surface area contributed by atoms with Gasteiger partial charge in [0.2, 0.25) is 0 Å². The first-order valence-electron chi connectivity index (χ1n) is 12.5. The van der Waals surface area contributed by atoms with Crippen LogP contribution < -0.4 is 10.4 Å². The molecule has 36 heavy (non-hydrogen) atoms. The maximum absolute atomic E-state index is 9.89. The zero-order valence-corrected chi connectivity index (χ0v) is 23.4. The maximum Gasteiger partial charge on any atom is 0.261 e. The molecular weight excluding hydrogens is 468 g/mol. The molecule has 4 rings (SSSR count). The minimum atomic E-state index is -2.74. The molecule has 2 fully saturated rings. The smallest absolute Gasteiger partial charge is 0.261 e. The highest BCUT2D eigenvalue weighted by atomic mass is 28.4. The van der Waals surface area contributed by atoms with Gasteiger partial charge in [-0.1, -0.05) is 81.4 Å². The number of rotatable bonds is 7. The number of hydrogen-bond donors (Lipinski definition) is 0. The van der Waals surface area contributed by atoms with E-state index < -0.39 is 20.2 Å². The fourth-order valence-electron chi connectivity index (χ4n) is 5.48. The molecule has 2 aromatic rings. The van der Waals surface area contributed by atoms with E-state index in [0.29, 0.717) is 12.2 Å². The molecule has 2 heterocycles. The summed E-state index contributed by atoms with van der Waals surface area (Å²) in [7, 11) is 1.04. The number of fused-ring (bicyclic) bond motifs is 1. The third-order valence-electron chi connectivity index (χ3n) is 6.86. The second-order valence-corrected chi connectivity index (χ2v) is 15.6. The molecule has 0 aliphatic carbocycles. The molecule has 0 spiro atoms. The van der Waals surface area contributed by atoms with Crippen molar-refractivity contribution in [3.63, 3.8) is 0 Å². The van der Waals surface area contributed by atoms with Crippen LogP contribution in [0.25, 0.3) is 0 Å². The van der Waals surface area contributed by atoms with Gasteiger partial charge in [-0.05, 0) is 29.3 Å². The van der Waals surface area contributed by atoms with E-state index in [1.165, 1.54) is 10.4 Å². The van der Waals surface area contributed by atoms with Gasteiger partial charge in [0.25, 0.3) is 8.32 Å². The molecule has 0 amide bonds. The van der Waals surface area contributed by atoms with Gasteiger partial charge >= 0.3 is 0 Å². The van der Waals surface area contributed by atoms with Crippen LogP contribution in [0.15, 0.2) is 72.4 Å². The number of benzene rings is 2. The molecule has 0 bridgehead atoms. The van der Waals surface area contributed by atoms with Gasteiger partial charge in [-0.3, -0.25) is 0 Å². The van der Waals surface area contributed by atoms with Gasteiger partial charge in [0.1, 0.15) is 24.4 Å². The molecule has 0 N–H and O–H groups in total. The highest BCUT2D eigenvalue weighted by Gasteiger charge is 2.58. The van der Waals surface area contributed by atoms with Crippen LogP contribution in [0.1, 0.15) is 34.6 Å². The van der Waals surface area contributed by atoms with Crippen molar-refractivity contribution in [2.24, 2.45) is 0 Å². The molecule has 0 aromatic heterocycles. The summed E-state index contributed by atoms with van der Waals surface area (Å²) in [5.74, 6) is -0.758. The summed E-state index contributed by atoms with van der Waals surface area (Å²) in [4.78, 5) is 1.85. The molecule has 2 aliphatic heterocycles. The van der Waals surface area contributed by atoms with Crippen molar-refractivity contribution < 1.29 is 18.6 Å². The predicted octanol–water partition coefficient (Wildman–Crippen LogP) is 3.82. The van der Waals surface area contributed by atoms with Crippen molar-refractivity contribution in [3.8, 4) is 6.07 Å². The molecule has 0 radical (unpaired) electrons. The lowest BCUT2D eigenvalue weighted by molar-refractivity contribution is -0.185. The summed E-state index contributed by atoms with van der Waals surface area (Å²) in [6, 6.07) is 23.4. The van der Waals surface area contributed by atoms with Crippen LogP contribution >= 0.6 is 0 Å². The van der Waals surface area contributed by atoms with E-state index in [1.807, 2.05) is 45.0 Å². The van der Waals surface area contributed by atoms with E-state index in [2.05, 4.69) is 75.4 Å². The zero-order valence-electron chi connectivity index (χ0n) is 22.4. The van der Waals surface area contributed by atoms with Gasteiger partial charge in [0.05, 0.1) is 18.2 Å². The molecule has 192 valence electrons. The minimum Gasteiger partial charge on any atom is -0.405 e. The summed E-state index contributed by atoms with van der Waals surface area (Å²) < 4.78 is 26.2. The van der Waals surface area contributed by atoms with Crippen molar-refractivity contribution in [1.82, 2.24) is 4.90 Å². The molecule has 7 heteroatoms. The molecule has 2 saturated heterocycles. The monoisotopic (exact) mass is 506 g/mol. The van der Waals surface area contributed by atoms with Crippen LogP contribution in [-0.4, -0.2) is 64.1 Å². The predicted molar refractivity (Wildman–Crippen MR) is 143 cm³/mol. The average Bonchev–Trinajstić information content (AvgIpc) is 3.31. The van der Waals surface area contributed by atoms with Gasteiger partial charge in [0.15, 0.2) is 5.79 Å². The SMILES string of the molecule is CN(C)/C=C(\C#N)C1O[C@H](CO[Si](c2ccccc2)(c2ccccc2)C(C)(C)C)[C@H]2OC(C)(C)O[C@@H]12. The van der Waals surface area contributed by atoms with Crippen LogP contribution in [0.3, 0.4) is 0 Å². The normalized spacial score (nSPS) is 25.9. The van der Waals surface area contributed by atoms with Crippen molar-refractivity contribution in [2.45, 2.75) is 69.9 Å². The van der Waals surface area contributed by atoms with E-state index in [9.17, 15) is 5.26 Å². The first-order valence-corrected chi connectivity index (χ1v) is 14.4. The molecule has 0 saturated carbocycles. The van der Waals surface area contributed by atoms with Crippen LogP contribution in [0.4, 0.5) is 0 Å². The summed E-state index contributed by atoms with van der Waals surface area (Å²) in [5, 5.41) is 12.2. The van der Waals surface area contributed by atoms with Crippen molar-refractivity contribution in [1.29, 1.82) is 5.26 Å². The quantitative estimate of drug-likeness (QED) is 0.420. The van der Waals surface area contributed by atoms with E-state index >= 15 is 0 Å². The summed E-state index contributed by atoms with van der Waals surface area (Å²) in [6.45, 7) is 10.9. The van der Waals surface area contributed by atoms with Gasteiger partial charge in [-0.15, -0.1) is 0 Å². The lowest BCUT2D eigenvalue weighted by Crippen LogP contribution is -2.67. The van der Waals surface area contributed by atoms with E-state index in [1.54, 1.807) is 6.20 Å². The first-order chi connectivity index (χ1) is 17.0. The van der Waals surface area contributed by atoms with Crippen LogP contribution in [0.2, 0.25) is 5.04 Å². The molecule has 2 aromatic carbocycles. The summed E-state index contributed by atoms with van der Waals surface area (Å²) in [5.41, 5.74) is 0.518. The summed E-state index contributed by atoms with van der Waals surface area (Å²) >= 11 is 0. The Kier molecular flexibility index (Phi) is 7.47. The van der Waals surface area contributed by atoms with Crippen molar-refractivity contribution in [2.75, 3.05) is 20.7 Å². The Labute approximate surface area is 216 Å². The Morgan fingerprint density at radius 3 is 2.00 bits per heavy atom. The number of hydrogen-bond acceptors (Lipinski definition) is 6. The molecule has 4 atom stereocenters. The lowest BCUT2D eigenvalue weighted by atomic mass is 10.0. The fourth-order valence-corrected chi connectivity index (χ4v) is 10.0. The maximum atomic E-state index is 9.89. The number of nitriles is 1. The topological polar surface area (TPSA) is 64.0 Å². The van der Waals surface area contributed by atoms with Gasteiger partial charge in [-0.25, -0.2) is 0 Å². The summed E-state index contributed by atoms with van der Waals surface area (Å²) in [6.07, 6.45) is 0.196. The highest BCUT2D eigenvalue weighted by Crippen LogP contribution is 2.42. The third-order valence-corrected chi connectivity index (χ3v) is 11.9. The highest BCUT2D eigenvalue weighted by molar-refractivity contribution is 6.99. The van der Waals surface area contributed by atoms with Crippen molar-refractivity contribution >= 4 is 18.7 Å². The first kappa shape index (κ1) is 26.6. The van der Waals surface area contributed by atoms with E-state index in [0.717, 1.165) is 0 Å². The molecule has 6 nitrogen and oxygen atoms in total. The molecular formula is C29H38N2O4Si. The lowest BCUT2D eigenvalue weighted by Gasteiger charge is -2.43. The Morgan fingerprint density at radius 2 is 1.53 bits per heavy atom. The number of nitrogens with zero attached hydrogens (tertiary/aromatic N) is 2. The average molecular weight is 507 g/mol. The molecule has 2 aliphatic rings. The van der Waals surface area contributed by atoms with Crippen molar-refractivity contribution in [3.05, 3.63) is 72.4 Å². The van der Waals surface area contributed by atoms with Gasteiger partial charge in [0, 0.05) is 20.3 Å². The largest absolute Gasteiger partial charge is 0.405 e. The van der Waals surface area contributed by atoms with Gasteiger partial charge in [-0.2, -0.15) is 5.26 Å².